The van der Waals surface area contributed by atoms with Crippen LogP contribution in [0.3, 0.4) is 0 Å². The molecule has 0 unspecified atom stereocenters. The van der Waals surface area contributed by atoms with Gasteiger partial charge in [-0.25, -0.2) is 8.42 Å². The van der Waals surface area contributed by atoms with Crippen molar-refractivity contribution in [1.82, 2.24) is 10.2 Å². The summed E-state index contributed by atoms with van der Waals surface area (Å²) in [5.74, 6) is -0.140. The third kappa shape index (κ3) is 6.01. The van der Waals surface area contributed by atoms with Crippen LogP contribution in [0.1, 0.15) is 28.4 Å². The quantitative estimate of drug-likeness (QED) is 0.499. The molecule has 35 heavy (non-hydrogen) atoms. The fourth-order valence-corrected chi connectivity index (χ4v) is 5.23. The van der Waals surface area contributed by atoms with Crippen molar-refractivity contribution in [1.29, 1.82) is 0 Å². The Hall–Kier alpha value is -3.36. The Morgan fingerprint density at radius 1 is 1.00 bits per heavy atom. The third-order valence-corrected chi connectivity index (χ3v) is 7.54. The average Bonchev–Trinajstić information content (AvgIpc) is 2.88. The Kier molecular flexibility index (Phi) is 7.73. The lowest BCUT2D eigenvalue weighted by Gasteiger charge is -2.31. The Balaban J connectivity index is 1.67. The number of rotatable bonds is 8. The van der Waals surface area contributed by atoms with Crippen molar-refractivity contribution in [2.24, 2.45) is 0 Å². The fourth-order valence-electron chi connectivity index (χ4n) is 4.17. The van der Waals surface area contributed by atoms with Crippen LogP contribution < -0.4 is 14.9 Å². The third-order valence-electron chi connectivity index (χ3n) is 6.16. The molecule has 0 atom stereocenters. The van der Waals surface area contributed by atoms with Crippen molar-refractivity contribution in [3.8, 4) is 0 Å². The number of amides is 1. The van der Waals surface area contributed by atoms with E-state index in [1.54, 1.807) is 41.3 Å². The average molecular weight is 493 g/mol. The largest absolute Gasteiger partial charge is 0.367 e. The molecular weight excluding hydrogens is 460 g/mol. The molecule has 1 saturated heterocycles. The smallest absolute Gasteiger partial charge is 0.261 e. The highest BCUT2D eigenvalue weighted by molar-refractivity contribution is 7.92. The SMILES string of the molecule is CCN(Cc1ccccc1)C(=O)c1ccc(N2CCNCC2)c(NS(=O)(=O)c2ccc(C)cc2)c1. The molecule has 2 N–H and O–H groups in total. The van der Waals surface area contributed by atoms with Gasteiger partial charge in [-0.1, -0.05) is 48.0 Å². The zero-order chi connectivity index (χ0) is 24.8. The topological polar surface area (TPSA) is 81.8 Å². The van der Waals surface area contributed by atoms with Crippen LogP contribution in [0.5, 0.6) is 0 Å². The standard InChI is InChI=1S/C27H32N4O3S/c1-3-30(20-22-7-5-4-6-8-22)27(32)23-11-14-26(31-17-15-28-16-18-31)25(19-23)29-35(33,34)24-12-9-21(2)10-13-24/h4-14,19,28-29H,3,15-18,20H2,1-2H3. The summed E-state index contributed by atoms with van der Waals surface area (Å²) in [7, 11) is -3.83. The van der Waals surface area contributed by atoms with Crippen molar-refractivity contribution in [2.75, 3.05) is 42.3 Å². The zero-order valence-electron chi connectivity index (χ0n) is 20.2. The molecule has 0 bridgehead atoms. The molecule has 7 nitrogen and oxygen atoms in total. The summed E-state index contributed by atoms with van der Waals surface area (Å²) in [6.45, 7) is 8.01. The number of aryl methyl sites for hydroxylation is 1. The maximum absolute atomic E-state index is 13.4. The molecule has 1 fully saturated rings. The van der Waals surface area contributed by atoms with E-state index in [0.29, 0.717) is 24.3 Å². The summed E-state index contributed by atoms with van der Waals surface area (Å²) in [6.07, 6.45) is 0. The van der Waals surface area contributed by atoms with Gasteiger partial charge in [-0.3, -0.25) is 9.52 Å². The van der Waals surface area contributed by atoms with Gasteiger partial charge in [0.25, 0.3) is 15.9 Å². The minimum absolute atomic E-state index is 0.140. The molecule has 0 spiro atoms. The summed E-state index contributed by atoms with van der Waals surface area (Å²) >= 11 is 0. The molecule has 0 aliphatic carbocycles. The highest BCUT2D eigenvalue weighted by Gasteiger charge is 2.23. The summed E-state index contributed by atoms with van der Waals surface area (Å²) in [4.78, 5) is 17.5. The van der Waals surface area contributed by atoms with E-state index in [1.807, 2.05) is 50.2 Å². The highest BCUT2D eigenvalue weighted by Crippen LogP contribution is 2.30. The van der Waals surface area contributed by atoms with E-state index in [9.17, 15) is 13.2 Å². The van der Waals surface area contributed by atoms with Gasteiger partial charge in [-0.15, -0.1) is 0 Å². The van der Waals surface area contributed by atoms with E-state index in [0.717, 1.165) is 43.0 Å². The van der Waals surface area contributed by atoms with Crippen LogP contribution in [-0.2, 0) is 16.6 Å². The number of sulfonamides is 1. The van der Waals surface area contributed by atoms with Crippen LogP contribution >= 0.6 is 0 Å². The number of nitrogens with one attached hydrogen (secondary N) is 2. The molecule has 0 saturated carbocycles. The number of benzene rings is 3. The minimum atomic E-state index is -3.83. The van der Waals surface area contributed by atoms with Crippen molar-refractivity contribution < 1.29 is 13.2 Å². The minimum Gasteiger partial charge on any atom is -0.367 e. The Morgan fingerprint density at radius 3 is 2.34 bits per heavy atom. The van der Waals surface area contributed by atoms with Gasteiger partial charge < -0.3 is 15.1 Å². The number of carbonyl (C=O) groups excluding carboxylic acids is 1. The molecule has 0 aromatic heterocycles. The number of hydrogen-bond donors (Lipinski definition) is 2. The first kappa shape index (κ1) is 24.8. The monoisotopic (exact) mass is 492 g/mol. The van der Waals surface area contributed by atoms with Crippen LogP contribution in [0.4, 0.5) is 11.4 Å². The predicted octanol–water partition coefficient (Wildman–Crippen LogP) is 3.87. The predicted molar refractivity (Wildman–Crippen MR) is 140 cm³/mol. The van der Waals surface area contributed by atoms with Gasteiger partial charge in [0.2, 0.25) is 0 Å². The maximum atomic E-state index is 13.4. The van der Waals surface area contributed by atoms with Gasteiger partial charge >= 0.3 is 0 Å². The number of hydrogen-bond acceptors (Lipinski definition) is 5. The molecule has 3 aromatic rings. The van der Waals surface area contributed by atoms with Gasteiger partial charge in [0.05, 0.1) is 16.3 Å². The molecule has 1 amide bonds. The Bertz CT molecular complexity index is 1260. The van der Waals surface area contributed by atoms with E-state index in [1.165, 1.54) is 0 Å². The first-order valence-corrected chi connectivity index (χ1v) is 13.4. The van der Waals surface area contributed by atoms with Crippen molar-refractivity contribution >= 4 is 27.3 Å². The summed E-state index contributed by atoms with van der Waals surface area (Å²) < 4.78 is 29.2. The lowest BCUT2D eigenvalue weighted by molar-refractivity contribution is 0.0752. The molecule has 1 heterocycles. The molecule has 184 valence electrons. The summed E-state index contributed by atoms with van der Waals surface area (Å²) in [6, 6.07) is 21.9. The number of nitrogens with zero attached hydrogens (tertiary/aromatic N) is 2. The van der Waals surface area contributed by atoms with E-state index in [2.05, 4.69) is 14.9 Å². The van der Waals surface area contributed by atoms with Crippen LogP contribution in [-0.4, -0.2) is 51.9 Å². The number of carbonyl (C=O) groups is 1. The molecule has 1 aliphatic rings. The molecule has 3 aromatic carbocycles. The van der Waals surface area contributed by atoms with Crippen LogP contribution in [0, 0.1) is 6.92 Å². The van der Waals surface area contributed by atoms with Gasteiger partial charge in [0, 0.05) is 44.8 Å². The van der Waals surface area contributed by atoms with Gasteiger partial charge in [0.15, 0.2) is 0 Å². The van der Waals surface area contributed by atoms with Crippen LogP contribution in [0.25, 0.3) is 0 Å². The second-order valence-corrected chi connectivity index (χ2v) is 10.4. The van der Waals surface area contributed by atoms with E-state index in [-0.39, 0.29) is 10.8 Å². The van der Waals surface area contributed by atoms with Crippen molar-refractivity contribution in [2.45, 2.75) is 25.3 Å². The van der Waals surface area contributed by atoms with Crippen LogP contribution in [0.2, 0.25) is 0 Å². The fraction of sp³-hybridized carbons (Fsp3) is 0.296. The Morgan fingerprint density at radius 2 is 1.69 bits per heavy atom. The molecule has 8 heteroatoms. The van der Waals surface area contributed by atoms with Crippen LogP contribution in [0.15, 0.2) is 77.7 Å². The van der Waals surface area contributed by atoms with E-state index in [4.69, 9.17) is 0 Å². The first-order valence-electron chi connectivity index (χ1n) is 11.9. The lowest BCUT2D eigenvalue weighted by atomic mass is 10.1. The maximum Gasteiger partial charge on any atom is 0.261 e. The van der Waals surface area contributed by atoms with Gasteiger partial charge in [-0.05, 0) is 49.7 Å². The van der Waals surface area contributed by atoms with Crippen molar-refractivity contribution in [3.05, 3.63) is 89.5 Å². The number of piperazine rings is 1. The lowest BCUT2D eigenvalue weighted by Crippen LogP contribution is -2.43. The molecule has 0 radical (unpaired) electrons. The van der Waals surface area contributed by atoms with Gasteiger partial charge in [0.1, 0.15) is 0 Å². The number of anilines is 2. The highest BCUT2D eigenvalue weighted by atomic mass is 32.2. The zero-order valence-corrected chi connectivity index (χ0v) is 21.0. The van der Waals surface area contributed by atoms with E-state index >= 15 is 0 Å². The molecular formula is C27H32N4O3S. The summed E-state index contributed by atoms with van der Waals surface area (Å²) in [5, 5.41) is 3.32. The molecule has 1 aliphatic heterocycles. The Labute approximate surface area is 207 Å². The van der Waals surface area contributed by atoms with Gasteiger partial charge in [-0.2, -0.15) is 0 Å². The second-order valence-electron chi connectivity index (χ2n) is 8.69. The summed E-state index contributed by atoms with van der Waals surface area (Å²) in [5.41, 5.74) is 3.65. The first-order chi connectivity index (χ1) is 16.9. The second kappa shape index (κ2) is 10.9. The normalized spacial score (nSPS) is 13.9. The molecule has 4 rings (SSSR count). The van der Waals surface area contributed by atoms with E-state index < -0.39 is 10.0 Å². The van der Waals surface area contributed by atoms with Crippen molar-refractivity contribution in [3.63, 3.8) is 0 Å².